The molecule has 2 heterocycles. The van der Waals surface area contributed by atoms with Crippen molar-refractivity contribution in [3.63, 3.8) is 0 Å². The lowest BCUT2D eigenvalue weighted by atomic mass is 9.89. The average molecular weight is 383 g/mol. The van der Waals surface area contributed by atoms with Crippen molar-refractivity contribution >= 4 is 22.6 Å². The van der Waals surface area contributed by atoms with Gasteiger partial charge in [-0.15, -0.1) is 0 Å². The highest BCUT2D eigenvalue weighted by atomic mass is 32.1. The van der Waals surface area contributed by atoms with Crippen LogP contribution in [0.5, 0.6) is 0 Å². The summed E-state index contributed by atoms with van der Waals surface area (Å²) in [5, 5.41) is 4.47. The maximum absolute atomic E-state index is 5.64. The third kappa shape index (κ3) is 5.54. The van der Waals surface area contributed by atoms with E-state index >= 15 is 0 Å². The predicted molar refractivity (Wildman–Crippen MR) is 109 cm³/mol. The molecule has 1 atom stereocenters. The first-order chi connectivity index (χ1) is 12.4. The number of nitrogens with one attached hydrogen (secondary N) is 1. The summed E-state index contributed by atoms with van der Waals surface area (Å²) in [7, 11) is 1.77. The van der Waals surface area contributed by atoms with Gasteiger partial charge in [-0.05, 0) is 12.3 Å². The molecular formula is C18H34N6OS. The van der Waals surface area contributed by atoms with E-state index in [-0.39, 0.29) is 11.5 Å². The topological polar surface area (TPSA) is 65.9 Å². The molecule has 1 fully saturated rings. The van der Waals surface area contributed by atoms with Crippen molar-refractivity contribution in [3.8, 4) is 0 Å². The molecule has 0 radical (unpaired) electrons. The van der Waals surface area contributed by atoms with Gasteiger partial charge in [0.15, 0.2) is 5.96 Å². The normalized spacial score (nSPS) is 17.5. The Labute approximate surface area is 162 Å². The van der Waals surface area contributed by atoms with Gasteiger partial charge in [0.25, 0.3) is 0 Å². The van der Waals surface area contributed by atoms with Gasteiger partial charge in [-0.2, -0.15) is 4.37 Å². The number of ether oxygens (including phenoxy) is 1. The summed E-state index contributed by atoms with van der Waals surface area (Å²) in [5.74, 6) is 1.92. The molecule has 0 aromatic carbocycles. The van der Waals surface area contributed by atoms with Crippen LogP contribution < -0.4 is 10.2 Å². The summed E-state index contributed by atoms with van der Waals surface area (Å²) >= 11 is 1.50. The first-order valence-electron chi connectivity index (χ1n) is 9.52. The number of guanidine groups is 1. The fourth-order valence-electron chi connectivity index (χ4n) is 2.92. The molecule has 0 amide bonds. The fourth-order valence-corrected chi connectivity index (χ4v) is 3.72. The van der Waals surface area contributed by atoms with Gasteiger partial charge >= 0.3 is 0 Å². The van der Waals surface area contributed by atoms with Gasteiger partial charge in [-0.3, -0.25) is 4.99 Å². The Kier molecular flexibility index (Phi) is 7.64. The van der Waals surface area contributed by atoms with Crippen LogP contribution in [0.3, 0.4) is 0 Å². The van der Waals surface area contributed by atoms with Crippen LogP contribution in [0.25, 0.3) is 0 Å². The first kappa shape index (κ1) is 20.9. The zero-order valence-electron chi connectivity index (χ0n) is 17.1. The van der Waals surface area contributed by atoms with Crippen molar-refractivity contribution in [2.24, 2.45) is 10.4 Å². The zero-order valence-corrected chi connectivity index (χ0v) is 17.9. The Morgan fingerprint density at radius 1 is 1.27 bits per heavy atom. The maximum Gasteiger partial charge on any atom is 0.205 e. The quantitative estimate of drug-likeness (QED) is 0.601. The van der Waals surface area contributed by atoms with Crippen LogP contribution in [-0.4, -0.2) is 72.7 Å². The van der Waals surface area contributed by atoms with E-state index in [1.54, 1.807) is 7.11 Å². The highest BCUT2D eigenvalue weighted by Crippen LogP contribution is 2.22. The Hall–Kier alpha value is -1.41. The largest absolute Gasteiger partial charge is 0.379 e. The number of hydrogen-bond acceptors (Lipinski definition) is 6. The molecule has 0 saturated carbocycles. The van der Waals surface area contributed by atoms with Crippen LogP contribution in [0.15, 0.2) is 4.99 Å². The van der Waals surface area contributed by atoms with Crippen LogP contribution in [0.1, 0.15) is 40.4 Å². The van der Waals surface area contributed by atoms with Crippen molar-refractivity contribution in [1.29, 1.82) is 0 Å². The van der Waals surface area contributed by atoms with Crippen LogP contribution in [-0.2, 0) is 11.2 Å². The van der Waals surface area contributed by atoms with Crippen molar-refractivity contribution in [2.45, 2.75) is 47.1 Å². The summed E-state index contributed by atoms with van der Waals surface area (Å²) in [6, 6.07) is 0. The molecule has 1 aliphatic rings. The molecule has 148 valence electrons. The van der Waals surface area contributed by atoms with E-state index in [0.29, 0.717) is 6.54 Å². The predicted octanol–water partition coefficient (Wildman–Crippen LogP) is 2.25. The number of aromatic nitrogens is 2. The van der Waals surface area contributed by atoms with Gasteiger partial charge in [0.05, 0.1) is 12.6 Å². The second kappa shape index (κ2) is 9.50. The minimum Gasteiger partial charge on any atom is -0.379 e. The van der Waals surface area contributed by atoms with Crippen molar-refractivity contribution in [3.05, 3.63) is 5.82 Å². The number of nitrogens with zero attached hydrogens (tertiary/aromatic N) is 5. The Balaban J connectivity index is 1.97. The second-order valence-electron chi connectivity index (χ2n) is 7.61. The summed E-state index contributed by atoms with van der Waals surface area (Å²) < 4.78 is 10.0. The van der Waals surface area contributed by atoms with Crippen LogP contribution in [0.4, 0.5) is 5.13 Å². The number of aryl methyl sites for hydroxylation is 1. The van der Waals surface area contributed by atoms with Crippen molar-refractivity contribution in [1.82, 2.24) is 19.6 Å². The summed E-state index contributed by atoms with van der Waals surface area (Å²) in [6.45, 7) is 16.0. The van der Waals surface area contributed by atoms with Crippen molar-refractivity contribution < 1.29 is 4.74 Å². The molecule has 0 spiro atoms. The summed E-state index contributed by atoms with van der Waals surface area (Å²) in [4.78, 5) is 14.1. The van der Waals surface area contributed by atoms with E-state index in [4.69, 9.17) is 9.73 Å². The number of aliphatic imine (C=N–C) groups is 1. The van der Waals surface area contributed by atoms with Crippen LogP contribution in [0, 0.1) is 5.41 Å². The van der Waals surface area contributed by atoms with Gasteiger partial charge in [0.1, 0.15) is 5.82 Å². The second-order valence-corrected chi connectivity index (χ2v) is 8.34. The number of methoxy groups -OCH3 is 1. The third-order valence-corrected chi connectivity index (χ3v) is 5.43. The molecule has 2 rings (SSSR count). The molecule has 1 unspecified atom stereocenters. The van der Waals surface area contributed by atoms with E-state index < -0.39 is 0 Å². The minimum atomic E-state index is 0.0725. The Morgan fingerprint density at radius 3 is 2.46 bits per heavy atom. The van der Waals surface area contributed by atoms with E-state index in [1.165, 1.54) is 11.5 Å². The SMILES string of the molecule is CCNC(=NCC(OC)C(C)(C)C)N1CCN(c2nc(CC)ns2)CC1. The van der Waals surface area contributed by atoms with Gasteiger partial charge in [0, 0.05) is 57.8 Å². The average Bonchev–Trinajstić information content (AvgIpc) is 3.09. The van der Waals surface area contributed by atoms with Gasteiger partial charge in [0.2, 0.25) is 5.13 Å². The zero-order chi connectivity index (χ0) is 19.2. The molecule has 0 aliphatic carbocycles. The smallest absolute Gasteiger partial charge is 0.205 e. The summed E-state index contributed by atoms with van der Waals surface area (Å²) in [6.07, 6.45) is 0.994. The Bertz CT molecular complexity index is 574. The van der Waals surface area contributed by atoms with Crippen LogP contribution >= 0.6 is 11.5 Å². The van der Waals surface area contributed by atoms with Gasteiger partial charge in [-0.1, -0.05) is 27.7 Å². The molecule has 1 aromatic heterocycles. The van der Waals surface area contributed by atoms with E-state index in [0.717, 1.165) is 56.1 Å². The number of piperazine rings is 1. The third-order valence-electron chi connectivity index (χ3n) is 4.62. The molecule has 1 saturated heterocycles. The molecule has 7 nitrogen and oxygen atoms in total. The van der Waals surface area contributed by atoms with E-state index in [1.807, 2.05) is 0 Å². The lowest BCUT2D eigenvalue weighted by molar-refractivity contribution is 0.0239. The van der Waals surface area contributed by atoms with E-state index in [9.17, 15) is 0 Å². The highest BCUT2D eigenvalue weighted by molar-refractivity contribution is 7.09. The first-order valence-corrected chi connectivity index (χ1v) is 10.3. The molecular weight excluding hydrogens is 348 g/mol. The molecule has 1 aliphatic heterocycles. The van der Waals surface area contributed by atoms with Crippen LogP contribution in [0.2, 0.25) is 0 Å². The van der Waals surface area contributed by atoms with Crippen molar-refractivity contribution in [2.75, 3.05) is 51.3 Å². The van der Waals surface area contributed by atoms with Gasteiger partial charge < -0.3 is 19.9 Å². The minimum absolute atomic E-state index is 0.0725. The lowest BCUT2D eigenvalue weighted by Crippen LogP contribution is -2.53. The lowest BCUT2D eigenvalue weighted by Gasteiger charge is -2.36. The fraction of sp³-hybridized carbons (Fsp3) is 0.833. The maximum atomic E-state index is 5.64. The molecule has 26 heavy (non-hydrogen) atoms. The van der Waals surface area contributed by atoms with Gasteiger partial charge in [-0.25, -0.2) is 4.98 Å². The number of rotatable bonds is 6. The molecule has 1 aromatic rings. The highest BCUT2D eigenvalue weighted by Gasteiger charge is 2.26. The number of hydrogen-bond donors (Lipinski definition) is 1. The molecule has 0 bridgehead atoms. The standard InChI is InChI=1S/C18H34N6OS/c1-7-15-21-17(26-22-15)24-11-9-23(10-12-24)16(19-8-2)20-13-14(25-6)18(3,4)5/h14H,7-13H2,1-6H3,(H,19,20). The monoisotopic (exact) mass is 382 g/mol. The van der Waals surface area contributed by atoms with E-state index in [2.05, 4.69) is 59.1 Å². The number of anilines is 1. The summed E-state index contributed by atoms with van der Waals surface area (Å²) in [5.41, 5.74) is 0.0725. The Morgan fingerprint density at radius 2 is 1.96 bits per heavy atom. The molecule has 1 N–H and O–H groups in total. The molecule has 8 heteroatoms.